The number of hydrogen-bond acceptors (Lipinski definition) is 2. The maximum atomic E-state index is 11.3. The molecule has 0 spiro atoms. The van der Waals surface area contributed by atoms with Crippen LogP contribution in [0, 0.1) is 6.92 Å². The van der Waals surface area contributed by atoms with Crippen molar-refractivity contribution >= 4 is 17.5 Å². The second kappa shape index (κ2) is 5.07. The molecule has 0 aliphatic carbocycles. The zero-order valence-electron chi connectivity index (χ0n) is 10.2. The number of amides is 1. The molecule has 1 saturated heterocycles. The predicted molar refractivity (Wildman–Crippen MR) is 69.3 cm³/mol. The third-order valence-corrected chi connectivity index (χ3v) is 3.47. The van der Waals surface area contributed by atoms with Gasteiger partial charge >= 0.3 is 0 Å². The van der Waals surface area contributed by atoms with Gasteiger partial charge in [0.15, 0.2) is 0 Å². The van der Waals surface area contributed by atoms with Crippen molar-refractivity contribution in [1.29, 1.82) is 0 Å². The molecule has 0 bridgehead atoms. The van der Waals surface area contributed by atoms with Gasteiger partial charge in [-0.25, -0.2) is 0 Å². The molecule has 1 fully saturated rings. The van der Waals surface area contributed by atoms with E-state index in [2.05, 4.69) is 18.3 Å². The summed E-state index contributed by atoms with van der Waals surface area (Å²) in [5.74, 6) is 0.161. The standard InChI is InChI=1S/C13H17ClN2O/c1-9-5-11(14)4-3-10(9)6-12-8-16(2)13(17)7-15-12/h3-5,12,15H,6-8H2,1-2H3. The monoisotopic (exact) mass is 252 g/mol. The fraction of sp³-hybridized carbons (Fsp3) is 0.462. The first kappa shape index (κ1) is 12.4. The van der Waals surface area contributed by atoms with Crippen molar-refractivity contribution in [2.24, 2.45) is 0 Å². The van der Waals surface area contributed by atoms with Crippen molar-refractivity contribution in [1.82, 2.24) is 10.2 Å². The Bertz CT molecular complexity index is 433. The van der Waals surface area contributed by atoms with E-state index in [1.54, 1.807) is 4.90 Å². The lowest BCUT2D eigenvalue weighted by Gasteiger charge is -2.31. The number of nitrogens with one attached hydrogen (secondary N) is 1. The fourth-order valence-electron chi connectivity index (χ4n) is 2.15. The summed E-state index contributed by atoms with van der Waals surface area (Å²) in [6, 6.07) is 6.30. The van der Waals surface area contributed by atoms with Crippen LogP contribution in [0.2, 0.25) is 5.02 Å². The topological polar surface area (TPSA) is 32.3 Å². The number of likely N-dealkylation sites (N-methyl/N-ethyl adjacent to an activating group) is 1. The molecule has 1 atom stereocenters. The van der Waals surface area contributed by atoms with E-state index in [4.69, 9.17) is 11.6 Å². The second-order valence-corrected chi connectivity index (χ2v) is 5.06. The largest absolute Gasteiger partial charge is 0.343 e. The van der Waals surface area contributed by atoms with Gasteiger partial charge in [0.2, 0.25) is 5.91 Å². The van der Waals surface area contributed by atoms with E-state index >= 15 is 0 Å². The molecule has 1 N–H and O–H groups in total. The Hall–Kier alpha value is -1.06. The van der Waals surface area contributed by atoms with Gasteiger partial charge in [-0.1, -0.05) is 17.7 Å². The molecule has 1 aromatic rings. The van der Waals surface area contributed by atoms with Gasteiger partial charge in [0, 0.05) is 24.7 Å². The van der Waals surface area contributed by atoms with Gasteiger partial charge in [0.05, 0.1) is 6.54 Å². The summed E-state index contributed by atoms with van der Waals surface area (Å²) in [6.45, 7) is 3.27. The number of rotatable bonds is 2. The normalized spacial score (nSPS) is 20.8. The minimum absolute atomic E-state index is 0.161. The van der Waals surface area contributed by atoms with Crippen LogP contribution in [-0.2, 0) is 11.2 Å². The molecule has 92 valence electrons. The summed E-state index contributed by atoms with van der Waals surface area (Å²) >= 11 is 5.93. The zero-order valence-corrected chi connectivity index (χ0v) is 10.9. The lowest BCUT2D eigenvalue weighted by atomic mass is 10.00. The van der Waals surface area contributed by atoms with Crippen LogP contribution in [0.5, 0.6) is 0 Å². The van der Waals surface area contributed by atoms with E-state index in [9.17, 15) is 4.79 Å². The molecule has 0 aromatic heterocycles. The van der Waals surface area contributed by atoms with E-state index in [1.165, 1.54) is 11.1 Å². The van der Waals surface area contributed by atoms with Crippen molar-refractivity contribution in [2.45, 2.75) is 19.4 Å². The molecule has 1 aromatic carbocycles. The van der Waals surface area contributed by atoms with Crippen LogP contribution in [0.1, 0.15) is 11.1 Å². The molecule has 1 amide bonds. The molecule has 1 unspecified atom stereocenters. The maximum absolute atomic E-state index is 11.3. The lowest BCUT2D eigenvalue weighted by Crippen LogP contribution is -2.53. The fourth-order valence-corrected chi connectivity index (χ4v) is 2.38. The van der Waals surface area contributed by atoms with Crippen LogP contribution in [0.15, 0.2) is 18.2 Å². The summed E-state index contributed by atoms with van der Waals surface area (Å²) in [4.78, 5) is 13.1. The summed E-state index contributed by atoms with van der Waals surface area (Å²) in [7, 11) is 1.85. The average molecular weight is 253 g/mol. The minimum atomic E-state index is 0.161. The number of aryl methyl sites for hydroxylation is 1. The highest BCUT2D eigenvalue weighted by Crippen LogP contribution is 2.17. The first-order valence-corrected chi connectivity index (χ1v) is 6.16. The molecular formula is C13H17ClN2O. The third kappa shape index (κ3) is 2.99. The highest BCUT2D eigenvalue weighted by Gasteiger charge is 2.22. The SMILES string of the molecule is Cc1cc(Cl)ccc1CC1CN(C)C(=O)CN1. The summed E-state index contributed by atoms with van der Waals surface area (Å²) in [5.41, 5.74) is 2.49. The van der Waals surface area contributed by atoms with Crippen LogP contribution in [0.3, 0.4) is 0 Å². The van der Waals surface area contributed by atoms with Crippen molar-refractivity contribution < 1.29 is 4.79 Å². The quantitative estimate of drug-likeness (QED) is 0.868. The molecule has 0 saturated carbocycles. The Morgan fingerprint density at radius 1 is 1.53 bits per heavy atom. The Kier molecular flexibility index (Phi) is 3.69. The summed E-state index contributed by atoms with van der Waals surface area (Å²) in [6.07, 6.45) is 0.931. The predicted octanol–water partition coefficient (Wildman–Crippen LogP) is 1.62. The molecule has 1 heterocycles. The Morgan fingerprint density at radius 2 is 2.29 bits per heavy atom. The smallest absolute Gasteiger partial charge is 0.236 e. The average Bonchev–Trinajstić information content (AvgIpc) is 2.27. The van der Waals surface area contributed by atoms with Crippen LogP contribution in [-0.4, -0.2) is 37.0 Å². The second-order valence-electron chi connectivity index (χ2n) is 4.63. The van der Waals surface area contributed by atoms with Crippen LogP contribution in [0.4, 0.5) is 0 Å². The molecule has 1 aliphatic rings. The van der Waals surface area contributed by atoms with Gasteiger partial charge in [-0.15, -0.1) is 0 Å². The Labute approximate surface area is 107 Å². The lowest BCUT2D eigenvalue weighted by molar-refractivity contribution is -0.131. The molecule has 3 nitrogen and oxygen atoms in total. The molecule has 4 heteroatoms. The van der Waals surface area contributed by atoms with Gasteiger partial charge < -0.3 is 10.2 Å². The van der Waals surface area contributed by atoms with Gasteiger partial charge in [-0.3, -0.25) is 4.79 Å². The maximum Gasteiger partial charge on any atom is 0.236 e. The first-order chi connectivity index (χ1) is 8.06. The number of piperazine rings is 1. The zero-order chi connectivity index (χ0) is 12.4. The molecule has 1 aliphatic heterocycles. The molecule has 2 rings (SSSR count). The van der Waals surface area contributed by atoms with Crippen molar-refractivity contribution in [3.63, 3.8) is 0 Å². The number of halogens is 1. The molecule has 0 radical (unpaired) electrons. The van der Waals surface area contributed by atoms with Crippen LogP contribution in [0.25, 0.3) is 0 Å². The van der Waals surface area contributed by atoms with Crippen molar-refractivity contribution in [3.8, 4) is 0 Å². The van der Waals surface area contributed by atoms with Gasteiger partial charge in [-0.2, -0.15) is 0 Å². The van der Waals surface area contributed by atoms with Crippen molar-refractivity contribution in [2.75, 3.05) is 20.1 Å². The van der Waals surface area contributed by atoms with Crippen LogP contribution >= 0.6 is 11.6 Å². The molecular weight excluding hydrogens is 236 g/mol. The number of carbonyl (C=O) groups excluding carboxylic acids is 1. The highest BCUT2D eigenvalue weighted by atomic mass is 35.5. The number of nitrogens with zero attached hydrogens (tertiary/aromatic N) is 1. The van der Waals surface area contributed by atoms with Crippen molar-refractivity contribution in [3.05, 3.63) is 34.3 Å². The first-order valence-electron chi connectivity index (χ1n) is 5.78. The third-order valence-electron chi connectivity index (χ3n) is 3.23. The molecule has 17 heavy (non-hydrogen) atoms. The van der Waals surface area contributed by atoms with E-state index in [0.29, 0.717) is 12.6 Å². The highest BCUT2D eigenvalue weighted by molar-refractivity contribution is 6.30. The number of hydrogen-bond donors (Lipinski definition) is 1. The van der Waals surface area contributed by atoms with E-state index in [-0.39, 0.29) is 5.91 Å². The number of benzene rings is 1. The Balaban J connectivity index is 2.03. The van der Waals surface area contributed by atoms with Gasteiger partial charge in [-0.05, 0) is 36.6 Å². The van der Waals surface area contributed by atoms with Crippen LogP contribution < -0.4 is 5.32 Å². The summed E-state index contributed by atoms with van der Waals surface area (Å²) < 4.78 is 0. The minimum Gasteiger partial charge on any atom is -0.343 e. The summed E-state index contributed by atoms with van der Waals surface area (Å²) in [5, 5.41) is 4.04. The number of carbonyl (C=O) groups is 1. The van der Waals surface area contributed by atoms with E-state index in [0.717, 1.165) is 18.0 Å². The Morgan fingerprint density at radius 3 is 2.94 bits per heavy atom. The van der Waals surface area contributed by atoms with E-state index in [1.807, 2.05) is 19.2 Å². The van der Waals surface area contributed by atoms with Gasteiger partial charge in [0.1, 0.15) is 0 Å². The van der Waals surface area contributed by atoms with Gasteiger partial charge in [0.25, 0.3) is 0 Å². The van der Waals surface area contributed by atoms with E-state index < -0.39 is 0 Å².